The number of aliphatic hydroxyl groups excluding tert-OH is 1. The van der Waals surface area contributed by atoms with E-state index in [0.29, 0.717) is 6.54 Å². The van der Waals surface area contributed by atoms with Crippen LogP contribution in [0.1, 0.15) is 31.5 Å². The van der Waals surface area contributed by atoms with E-state index in [1.807, 2.05) is 57.3 Å². The van der Waals surface area contributed by atoms with Crippen molar-refractivity contribution in [2.24, 2.45) is 5.92 Å². The van der Waals surface area contributed by atoms with Crippen LogP contribution in [0, 0.1) is 12.8 Å². The zero-order valence-corrected chi connectivity index (χ0v) is 13.3. The van der Waals surface area contributed by atoms with Crippen LogP contribution in [0.25, 0.3) is 5.69 Å². The van der Waals surface area contributed by atoms with E-state index in [1.54, 1.807) is 4.68 Å². The number of carbonyl (C=O) groups is 1. The Hall–Kier alpha value is -2.14. The molecule has 1 aromatic heterocycles. The minimum Gasteiger partial charge on any atom is -0.392 e. The van der Waals surface area contributed by atoms with Gasteiger partial charge in [-0.3, -0.25) is 4.79 Å². The van der Waals surface area contributed by atoms with E-state index in [1.165, 1.54) is 0 Å². The van der Waals surface area contributed by atoms with Crippen LogP contribution >= 0.6 is 0 Å². The molecule has 0 saturated carbocycles. The monoisotopic (exact) mass is 301 g/mol. The van der Waals surface area contributed by atoms with E-state index in [-0.39, 0.29) is 18.2 Å². The van der Waals surface area contributed by atoms with Crippen molar-refractivity contribution in [3.8, 4) is 5.69 Å². The van der Waals surface area contributed by atoms with Gasteiger partial charge < -0.3 is 10.4 Å². The molecule has 2 N–H and O–H groups in total. The number of benzene rings is 1. The Labute approximate surface area is 131 Å². The summed E-state index contributed by atoms with van der Waals surface area (Å²) in [7, 11) is 0. The summed E-state index contributed by atoms with van der Waals surface area (Å²) in [5.74, 6) is -0.0715. The van der Waals surface area contributed by atoms with Crippen LogP contribution in [0.4, 0.5) is 0 Å². The van der Waals surface area contributed by atoms with Gasteiger partial charge in [-0.05, 0) is 30.5 Å². The Kier molecular flexibility index (Phi) is 5.33. The normalized spacial score (nSPS) is 12.4. The van der Waals surface area contributed by atoms with Crippen molar-refractivity contribution >= 4 is 5.91 Å². The molecule has 1 heterocycles. The first kappa shape index (κ1) is 16.2. The van der Waals surface area contributed by atoms with Gasteiger partial charge in [-0.15, -0.1) is 0 Å². The van der Waals surface area contributed by atoms with Crippen molar-refractivity contribution in [2.45, 2.75) is 39.8 Å². The van der Waals surface area contributed by atoms with E-state index in [0.717, 1.165) is 16.9 Å². The van der Waals surface area contributed by atoms with E-state index in [9.17, 15) is 9.90 Å². The highest BCUT2D eigenvalue weighted by Gasteiger charge is 2.14. The minimum atomic E-state index is -0.607. The molecule has 0 radical (unpaired) electrons. The van der Waals surface area contributed by atoms with Crippen LogP contribution in [0.15, 0.2) is 36.5 Å². The molecule has 0 fully saturated rings. The third kappa shape index (κ3) is 4.18. The molecule has 5 heteroatoms. The number of hydrogen-bond acceptors (Lipinski definition) is 3. The summed E-state index contributed by atoms with van der Waals surface area (Å²) in [6.07, 6.45) is 1.42. The van der Waals surface area contributed by atoms with E-state index < -0.39 is 6.10 Å². The Bertz CT molecular complexity index is 634. The number of carbonyl (C=O) groups excluding carboxylic acids is 1. The number of hydrogen-bond donors (Lipinski definition) is 2. The van der Waals surface area contributed by atoms with Crippen LogP contribution < -0.4 is 5.32 Å². The summed E-state index contributed by atoms with van der Waals surface area (Å²) in [6, 6.07) is 9.75. The predicted octanol–water partition coefficient (Wildman–Crippen LogP) is 2.20. The first-order chi connectivity index (χ1) is 10.5. The van der Waals surface area contributed by atoms with Crippen molar-refractivity contribution in [3.05, 3.63) is 47.8 Å². The summed E-state index contributed by atoms with van der Waals surface area (Å²) < 4.78 is 1.81. The largest absolute Gasteiger partial charge is 0.392 e. The van der Waals surface area contributed by atoms with Crippen molar-refractivity contribution < 1.29 is 9.90 Å². The van der Waals surface area contributed by atoms with Gasteiger partial charge in [0.1, 0.15) is 0 Å². The maximum atomic E-state index is 11.9. The zero-order valence-electron chi connectivity index (χ0n) is 13.3. The molecule has 0 spiro atoms. The van der Waals surface area contributed by atoms with Gasteiger partial charge in [-0.25, -0.2) is 4.68 Å². The van der Waals surface area contributed by atoms with Crippen molar-refractivity contribution in [2.75, 3.05) is 0 Å². The molecule has 2 rings (SSSR count). The molecule has 1 atom stereocenters. The quantitative estimate of drug-likeness (QED) is 0.859. The second-order valence-electron chi connectivity index (χ2n) is 5.82. The van der Waals surface area contributed by atoms with Gasteiger partial charge in [-0.2, -0.15) is 5.10 Å². The molecule has 0 bridgehead atoms. The van der Waals surface area contributed by atoms with Gasteiger partial charge in [0.2, 0.25) is 5.91 Å². The highest BCUT2D eigenvalue weighted by atomic mass is 16.3. The Morgan fingerprint density at radius 1 is 1.32 bits per heavy atom. The van der Waals surface area contributed by atoms with Gasteiger partial charge in [0.15, 0.2) is 0 Å². The number of nitrogens with zero attached hydrogens (tertiary/aromatic N) is 2. The van der Waals surface area contributed by atoms with Crippen LogP contribution in [0.3, 0.4) is 0 Å². The fourth-order valence-electron chi connectivity index (χ4n) is 2.12. The Balaban J connectivity index is 2.03. The van der Waals surface area contributed by atoms with Crippen LogP contribution in [0.5, 0.6) is 0 Å². The lowest BCUT2D eigenvalue weighted by Gasteiger charge is -2.15. The highest BCUT2D eigenvalue weighted by molar-refractivity contribution is 5.76. The number of amides is 1. The molecule has 0 saturated heterocycles. The van der Waals surface area contributed by atoms with Gasteiger partial charge in [-0.1, -0.05) is 32.0 Å². The van der Waals surface area contributed by atoms with Gasteiger partial charge in [0.25, 0.3) is 0 Å². The molecule has 1 unspecified atom stereocenters. The number of para-hydroxylation sites is 1. The highest BCUT2D eigenvalue weighted by Crippen LogP contribution is 2.14. The second-order valence-corrected chi connectivity index (χ2v) is 5.82. The summed E-state index contributed by atoms with van der Waals surface area (Å²) in [4.78, 5) is 11.9. The Morgan fingerprint density at radius 3 is 2.68 bits per heavy atom. The zero-order chi connectivity index (χ0) is 16.1. The van der Waals surface area contributed by atoms with E-state index in [4.69, 9.17) is 0 Å². The number of aliphatic hydroxyl groups is 1. The first-order valence-corrected chi connectivity index (χ1v) is 7.52. The fourth-order valence-corrected chi connectivity index (χ4v) is 2.12. The van der Waals surface area contributed by atoms with Crippen molar-refractivity contribution in [1.29, 1.82) is 0 Å². The third-order valence-corrected chi connectivity index (χ3v) is 3.60. The molecular weight excluding hydrogens is 278 g/mol. The molecule has 0 aliphatic heterocycles. The fraction of sp³-hybridized carbons (Fsp3) is 0.412. The van der Waals surface area contributed by atoms with E-state index in [2.05, 4.69) is 10.4 Å². The molecule has 0 aliphatic rings. The number of aromatic nitrogens is 2. The van der Waals surface area contributed by atoms with Crippen LogP contribution in [-0.2, 0) is 11.3 Å². The smallest absolute Gasteiger partial charge is 0.222 e. The molecule has 1 aromatic carbocycles. The average Bonchev–Trinajstić information content (AvgIpc) is 2.91. The summed E-state index contributed by atoms with van der Waals surface area (Å²) in [5, 5.41) is 17.0. The SMILES string of the molecule is Cc1ccn(-c2ccccc2CNC(=O)CC(O)C(C)C)n1. The molecule has 1 amide bonds. The maximum Gasteiger partial charge on any atom is 0.222 e. The van der Waals surface area contributed by atoms with Crippen LogP contribution in [0.2, 0.25) is 0 Å². The average molecular weight is 301 g/mol. The number of rotatable bonds is 6. The lowest BCUT2D eigenvalue weighted by molar-refractivity contribution is -0.123. The summed E-state index contributed by atoms with van der Waals surface area (Å²) >= 11 is 0. The molecule has 2 aromatic rings. The molecule has 118 valence electrons. The number of nitrogens with one attached hydrogen (secondary N) is 1. The summed E-state index contributed by atoms with van der Waals surface area (Å²) in [5.41, 5.74) is 2.87. The minimum absolute atomic E-state index is 0.0742. The topological polar surface area (TPSA) is 67.2 Å². The summed E-state index contributed by atoms with van der Waals surface area (Å²) in [6.45, 7) is 6.15. The third-order valence-electron chi connectivity index (χ3n) is 3.60. The Morgan fingerprint density at radius 2 is 2.05 bits per heavy atom. The lowest BCUT2D eigenvalue weighted by Crippen LogP contribution is -2.29. The molecule has 5 nitrogen and oxygen atoms in total. The first-order valence-electron chi connectivity index (χ1n) is 7.52. The van der Waals surface area contributed by atoms with Gasteiger partial charge in [0.05, 0.1) is 23.9 Å². The van der Waals surface area contributed by atoms with Gasteiger partial charge >= 0.3 is 0 Å². The number of aryl methyl sites for hydroxylation is 1. The lowest BCUT2D eigenvalue weighted by atomic mass is 10.0. The van der Waals surface area contributed by atoms with E-state index >= 15 is 0 Å². The van der Waals surface area contributed by atoms with Crippen molar-refractivity contribution in [3.63, 3.8) is 0 Å². The standard InChI is InChI=1S/C17H23N3O2/c1-12(2)16(21)10-17(22)18-11-14-6-4-5-7-15(14)20-9-8-13(3)19-20/h4-9,12,16,21H,10-11H2,1-3H3,(H,18,22). The molecule has 22 heavy (non-hydrogen) atoms. The predicted molar refractivity (Wildman–Crippen MR) is 85.6 cm³/mol. The van der Waals surface area contributed by atoms with Gasteiger partial charge in [0, 0.05) is 12.7 Å². The van der Waals surface area contributed by atoms with Crippen LogP contribution in [-0.4, -0.2) is 26.9 Å². The second kappa shape index (κ2) is 7.22. The molecular formula is C17H23N3O2. The molecule has 0 aliphatic carbocycles. The maximum absolute atomic E-state index is 11.9. The van der Waals surface area contributed by atoms with Crippen molar-refractivity contribution in [1.82, 2.24) is 15.1 Å².